The fourth-order valence-electron chi connectivity index (χ4n) is 2.06. The van der Waals surface area contributed by atoms with Gasteiger partial charge >= 0.3 is 0 Å². The first kappa shape index (κ1) is 14.1. The molecule has 0 saturated heterocycles. The van der Waals surface area contributed by atoms with E-state index >= 15 is 0 Å². The SMILES string of the molecule is C=CCN(CCc1ccc(F)cc1)c1ccc(O)cc1. The fourth-order valence-corrected chi connectivity index (χ4v) is 2.06. The Bertz CT molecular complexity index is 548. The van der Waals surface area contributed by atoms with Crippen LogP contribution >= 0.6 is 0 Å². The fraction of sp³-hybridized carbons (Fsp3) is 0.176. The molecule has 2 rings (SSSR count). The molecule has 2 aromatic rings. The van der Waals surface area contributed by atoms with Crippen molar-refractivity contribution in [1.82, 2.24) is 0 Å². The molecule has 0 fully saturated rings. The zero-order valence-corrected chi connectivity index (χ0v) is 11.3. The molecule has 0 aliphatic carbocycles. The largest absolute Gasteiger partial charge is 0.508 e. The van der Waals surface area contributed by atoms with Gasteiger partial charge in [0.1, 0.15) is 11.6 Å². The minimum absolute atomic E-state index is 0.213. The van der Waals surface area contributed by atoms with Crippen LogP contribution in [-0.2, 0) is 6.42 Å². The highest BCUT2D eigenvalue weighted by atomic mass is 19.1. The third-order valence-electron chi connectivity index (χ3n) is 3.15. The highest BCUT2D eigenvalue weighted by Gasteiger charge is 2.05. The second kappa shape index (κ2) is 6.75. The van der Waals surface area contributed by atoms with Crippen LogP contribution in [0.1, 0.15) is 5.56 Å². The van der Waals surface area contributed by atoms with Gasteiger partial charge in [-0.1, -0.05) is 18.2 Å². The molecule has 20 heavy (non-hydrogen) atoms. The number of nitrogens with zero attached hydrogens (tertiary/aromatic N) is 1. The molecule has 1 N–H and O–H groups in total. The first-order valence-electron chi connectivity index (χ1n) is 6.58. The summed E-state index contributed by atoms with van der Waals surface area (Å²) in [5.41, 5.74) is 2.13. The van der Waals surface area contributed by atoms with E-state index in [-0.39, 0.29) is 11.6 Å². The van der Waals surface area contributed by atoms with Gasteiger partial charge in [-0.05, 0) is 48.4 Å². The second-order valence-electron chi connectivity index (χ2n) is 4.63. The van der Waals surface area contributed by atoms with E-state index in [1.807, 2.05) is 18.2 Å². The zero-order valence-electron chi connectivity index (χ0n) is 11.3. The first-order chi connectivity index (χ1) is 9.69. The smallest absolute Gasteiger partial charge is 0.123 e. The van der Waals surface area contributed by atoms with Crippen molar-refractivity contribution in [1.29, 1.82) is 0 Å². The van der Waals surface area contributed by atoms with Crippen LogP contribution in [0.5, 0.6) is 5.75 Å². The maximum atomic E-state index is 12.9. The molecule has 0 unspecified atom stereocenters. The molecular weight excluding hydrogens is 253 g/mol. The molecule has 0 radical (unpaired) electrons. The van der Waals surface area contributed by atoms with Crippen molar-refractivity contribution in [3.8, 4) is 5.75 Å². The van der Waals surface area contributed by atoms with Crippen LogP contribution in [0.4, 0.5) is 10.1 Å². The lowest BCUT2D eigenvalue weighted by molar-refractivity contribution is 0.475. The van der Waals surface area contributed by atoms with E-state index in [4.69, 9.17) is 0 Å². The van der Waals surface area contributed by atoms with Gasteiger partial charge in [0.25, 0.3) is 0 Å². The number of aromatic hydroxyl groups is 1. The summed E-state index contributed by atoms with van der Waals surface area (Å²) in [4.78, 5) is 2.16. The highest BCUT2D eigenvalue weighted by molar-refractivity contribution is 5.49. The van der Waals surface area contributed by atoms with E-state index < -0.39 is 0 Å². The minimum atomic E-state index is -0.213. The first-order valence-corrected chi connectivity index (χ1v) is 6.58. The predicted molar refractivity (Wildman–Crippen MR) is 80.6 cm³/mol. The average molecular weight is 271 g/mol. The molecule has 0 saturated carbocycles. The molecule has 0 aliphatic heterocycles. The number of anilines is 1. The van der Waals surface area contributed by atoms with Gasteiger partial charge in [-0.3, -0.25) is 0 Å². The molecule has 3 heteroatoms. The van der Waals surface area contributed by atoms with Crippen molar-refractivity contribution < 1.29 is 9.50 Å². The van der Waals surface area contributed by atoms with Gasteiger partial charge < -0.3 is 10.0 Å². The van der Waals surface area contributed by atoms with E-state index in [1.165, 1.54) is 12.1 Å². The molecular formula is C17H18FNO. The van der Waals surface area contributed by atoms with Gasteiger partial charge in [-0.2, -0.15) is 0 Å². The van der Waals surface area contributed by atoms with Crippen molar-refractivity contribution in [2.24, 2.45) is 0 Å². The maximum Gasteiger partial charge on any atom is 0.123 e. The Morgan fingerprint density at radius 2 is 1.70 bits per heavy atom. The normalized spacial score (nSPS) is 10.2. The molecule has 2 aromatic carbocycles. The second-order valence-corrected chi connectivity index (χ2v) is 4.63. The minimum Gasteiger partial charge on any atom is -0.508 e. The van der Waals surface area contributed by atoms with Crippen LogP contribution in [-0.4, -0.2) is 18.2 Å². The average Bonchev–Trinajstić information content (AvgIpc) is 2.46. The van der Waals surface area contributed by atoms with Crippen molar-refractivity contribution in [2.75, 3.05) is 18.0 Å². The lowest BCUT2D eigenvalue weighted by Gasteiger charge is -2.23. The Morgan fingerprint density at radius 3 is 2.30 bits per heavy atom. The number of hydrogen-bond donors (Lipinski definition) is 1. The number of rotatable bonds is 6. The number of benzene rings is 2. The summed E-state index contributed by atoms with van der Waals surface area (Å²) < 4.78 is 12.9. The van der Waals surface area contributed by atoms with Crippen molar-refractivity contribution >= 4 is 5.69 Å². The van der Waals surface area contributed by atoms with E-state index in [2.05, 4.69) is 11.5 Å². The number of hydrogen-bond acceptors (Lipinski definition) is 2. The maximum absolute atomic E-state index is 12.9. The molecule has 0 aromatic heterocycles. The molecule has 104 valence electrons. The van der Waals surface area contributed by atoms with Crippen LogP contribution in [0.3, 0.4) is 0 Å². The Balaban J connectivity index is 2.03. The van der Waals surface area contributed by atoms with Crippen molar-refractivity contribution in [3.63, 3.8) is 0 Å². The molecule has 2 nitrogen and oxygen atoms in total. The predicted octanol–water partition coefficient (Wildman–Crippen LogP) is 3.77. The lowest BCUT2D eigenvalue weighted by Crippen LogP contribution is -2.25. The van der Waals surface area contributed by atoms with E-state index in [9.17, 15) is 9.50 Å². The number of phenolic OH excluding ortho intramolecular Hbond substituents is 1. The summed E-state index contributed by atoms with van der Waals surface area (Å²) in [7, 11) is 0. The summed E-state index contributed by atoms with van der Waals surface area (Å²) in [6.07, 6.45) is 2.67. The van der Waals surface area contributed by atoms with Gasteiger partial charge in [-0.25, -0.2) is 4.39 Å². The molecule has 0 aliphatic rings. The number of halogens is 1. The molecule has 0 bridgehead atoms. The zero-order chi connectivity index (χ0) is 14.4. The summed E-state index contributed by atoms with van der Waals surface area (Å²) in [5.74, 6) is 0.0427. The molecule has 0 atom stereocenters. The standard InChI is InChI=1S/C17H18FNO/c1-2-12-19(16-7-9-17(20)10-8-16)13-11-14-3-5-15(18)6-4-14/h2-10,20H,1,11-13H2. The van der Waals surface area contributed by atoms with Crippen LogP contribution in [0.25, 0.3) is 0 Å². The third kappa shape index (κ3) is 3.85. The molecule has 0 heterocycles. The van der Waals surface area contributed by atoms with Gasteiger partial charge in [0, 0.05) is 18.8 Å². The van der Waals surface area contributed by atoms with Gasteiger partial charge in [-0.15, -0.1) is 6.58 Å². The number of phenols is 1. The summed E-state index contributed by atoms with van der Waals surface area (Å²) >= 11 is 0. The third-order valence-corrected chi connectivity index (χ3v) is 3.15. The van der Waals surface area contributed by atoms with Gasteiger partial charge in [0.2, 0.25) is 0 Å². The Kier molecular flexibility index (Phi) is 4.77. The summed E-state index contributed by atoms with van der Waals surface area (Å²) in [5, 5.41) is 9.33. The Hall–Kier alpha value is -2.29. The quantitative estimate of drug-likeness (QED) is 0.808. The van der Waals surface area contributed by atoms with Crippen LogP contribution in [0, 0.1) is 5.82 Å². The highest BCUT2D eigenvalue weighted by Crippen LogP contribution is 2.19. The monoisotopic (exact) mass is 271 g/mol. The Morgan fingerprint density at radius 1 is 1.05 bits per heavy atom. The summed E-state index contributed by atoms with van der Waals surface area (Å²) in [6.45, 7) is 5.31. The molecule has 0 amide bonds. The molecule has 0 spiro atoms. The van der Waals surface area contributed by atoms with Crippen LogP contribution in [0.15, 0.2) is 61.2 Å². The van der Waals surface area contributed by atoms with Crippen LogP contribution in [0.2, 0.25) is 0 Å². The van der Waals surface area contributed by atoms with E-state index in [0.29, 0.717) is 0 Å². The topological polar surface area (TPSA) is 23.5 Å². The lowest BCUT2D eigenvalue weighted by atomic mass is 10.1. The van der Waals surface area contributed by atoms with E-state index in [1.54, 1.807) is 24.3 Å². The van der Waals surface area contributed by atoms with E-state index in [0.717, 1.165) is 30.8 Å². The Labute approximate surface area is 118 Å². The van der Waals surface area contributed by atoms with Crippen molar-refractivity contribution in [3.05, 3.63) is 72.6 Å². The van der Waals surface area contributed by atoms with Crippen LogP contribution < -0.4 is 4.90 Å². The van der Waals surface area contributed by atoms with Gasteiger partial charge in [0.05, 0.1) is 0 Å². The van der Waals surface area contributed by atoms with Gasteiger partial charge in [0.15, 0.2) is 0 Å². The summed E-state index contributed by atoms with van der Waals surface area (Å²) in [6, 6.07) is 13.7. The van der Waals surface area contributed by atoms with Crippen molar-refractivity contribution in [2.45, 2.75) is 6.42 Å².